The van der Waals surface area contributed by atoms with Crippen LogP contribution in [0.1, 0.15) is 20.8 Å². The normalized spacial score (nSPS) is 20.7. The number of nitrogens with two attached hydrogens (primary N) is 1. The number of hydrogen-bond acceptors (Lipinski definition) is 3. The number of hydrogen-bond donors (Lipinski definition) is 1. The summed E-state index contributed by atoms with van der Waals surface area (Å²) in [6.07, 6.45) is 0. The third-order valence-electron chi connectivity index (χ3n) is 3.24. The molecule has 1 fully saturated rings. The Morgan fingerprint density at radius 2 is 1.80 bits per heavy atom. The third kappa shape index (κ3) is 3.18. The molecule has 4 heteroatoms. The standard InChI is InChI=1S/C11H23N3O/c1-9(2)11(8-12)14-6-4-13(5-7-14)10(3)15/h9,11H,4-8,12H2,1-3H3. The first-order valence-corrected chi connectivity index (χ1v) is 5.76. The molecule has 1 saturated heterocycles. The van der Waals surface area contributed by atoms with E-state index in [-0.39, 0.29) is 5.91 Å². The second kappa shape index (κ2) is 5.47. The van der Waals surface area contributed by atoms with Crippen molar-refractivity contribution in [3.8, 4) is 0 Å². The summed E-state index contributed by atoms with van der Waals surface area (Å²) in [4.78, 5) is 15.5. The molecule has 2 N–H and O–H groups in total. The van der Waals surface area contributed by atoms with Crippen LogP contribution in [0.25, 0.3) is 0 Å². The molecule has 0 spiro atoms. The van der Waals surface area contributed by atoms with Crippen LogP contribution in [0.2, 0.25) is 0 Å². The fraction of sp³-hybridized carbons (Fsp3) is 0.909. The minimum Gasteiger partial charge on any atom is -0.340 e. The molecule has 88 valence electrons. The lowest BCUT2D eigenvalue weighted by molar-refractivity contribution is -0.130. The van der Waals surface area contributed by atoms with E-state index >= 15 is 0 Å². The lowest BCUT2D eigenvalue weighted by Crippen LogP contribution is -2.54. The molecule has 1 aliphatic rings. The van der Waals surface area contributed by atoms with E-state index in [4.69, 9.17) is 5.73 Å². The maximum absolute atomic E-state index is 11.2. The van der Waals surface area contributed by atoms with Crippen molar-refractivity contribution in [2.24, 2.45) is 11.7 Å². The Kier molecular flexibility index (Phi) is 4.54. The van der Waals surface area contributed by atoms with E-state index in [1.807, 2.05) is 4.90 Å². The molecule has 1 aliphatic heterocycles. The number of nitrogens with zero attached hydrogens (tertiary/aromatic N) is 2. The molecule has 0 radical (unpaired) electrons. The SMILES string of the molecule is CC(=O)N1CCN(C(CN)C(C)C)CC1. The van der Waals surface area contributed by atoms with Crippen LogP contribution in [0.4, 0.5) is 0 Å². The van der Waals surface area contributed by atoms with Gasteiger partial charge >= 0.3 is 0 Å². The highest BCUT2D eigenvalue weighted by atomic mass is 16.2. The van der Waals surface area contributed by atoms with Gasteiger partial charge in [-0.05, 0) is 5.92 Å². The molecule has 0 aromatic carbocycles. The van der Waals surface area contributed by atoms with Crippen LogP contribution < -0.4 is 5.73 Å². The molecule has 0 aromatic heterocycles. The number of carbonyl (C=O) groups is 1. The largest absolute Gasteiger partial charge is 0.340 e. The summed E-state index contributed by atoms with van der Waals surface area (Å²) in [5.74, 6) is 0.766. The van der Waals surface area contributed by atoms with Gasteiger partial charge in [0.2, 0.25) is 5.91 Å². The first-order valence-electron chi connectivity index (χ1n) is 5.76. The highest BCUT2D eigenvalue weighted by molar-refractivity contribution is 5.73. The summed E-state index contributed by atoms with van der Waals surface area (Å²) in [5.41, 5.74) is 5.78. The van der Waals surface area contributed by atoms with Crippen molar-refractivity contribution < 1.29 is 4.79 Å². The number of rotatable bonds is 3. The highest BCUT2D eigenvalue weighted by Crippen LogP contribution is 2.12. The molecule has 0 saturated carbocycles. The average Bonchev–Trinajstić information content (AvgIpc) is 2.19. The first-order chi connectivity index (χ1) is 7.06. The zero-order chi connectivity index (χ0) is 11.4. The van der Waals surface area contributed by atoms with E-state index in [0.717, 1.165) is 26.2 Å². The summed E-state index contributed by atoms with van der Waals surface area (Å²) in [6, 6.07) is 0.458. The zero-order valence-electron chi connectivity index (χ0n) is 10.1. The van der Waals surface area contributed by atoms with Gasteiger partial charge in [-0.1, -0.05) is 13.8 Å². The number of amides is 1. The number of piperazine rings is 1. The molecular weight excluding hydrogens is 190 g/mol. The van der Waals surface area contributed by atoms with Gasteiger partial charge < -0.3 is 10.6 Å². The van der Waals surface area contributed by atoms with Gasteiger partial charge in [0.05, 0.1) is 0 Å². The van der Waals surface area contributed by atoms with Gasteiger partial charge in [-0.2, -0.15) is 0 Å². The molecule has 0 aromatic rings. The maximum Gasteiger partial charge on any atom is 0.219 e. The van der Waals surface area contributed by atoms with Crippen LogP contribution in [-0.4, -0.2) is 54.5 Å². The van der Waals surface area contributed by atoms with Crippen molar-refractivity contribution in [2.75, 3.05) is 32.7 Å². The zero-order valence-corrected chi connectivity index (χ0v) is 10.1. The third-order valence-corrected chi connectivity index (χ3v) is 3.24. The molecule has 0 bridgehead atoms. The Morgan fingerprint density at radius 1 is 1.27 bits per heavy atom. The van der Waals surface area contributed by atoms with Crippen molar-refractivity contribution in [1.29, 1.82) is 0 Å². The summed E-state index contributed by atoms with van der Waals surface area (Å²) < 4.78 is 0. The molecule has 1 atom stereocenters. The van der Waals surface area contributed by atoms with E-state index in [9.17, 15) is 4.79 Å². The van der Waals surface area contributed by atoms with E-state index in [2.05, 4.69) is 18.7 Å². The van der Waals surface area contributed by atoms with Crippen LogP contribution in [0.3, 0.4) is 0 Å². The summed E-state index contributed by atoms with van der Waals surface area (Å²) in [7, 11) is 0. The Hall–Kier alpha value is -0.610. The molecule has 1 heterocycles. The highest BCUT2D eigenvalue weighted by Gasteiger charge is 2.25. The fourth-order valence-electron chi connectivity index (χ4n) is 2.21. The van der Waals surface area contributed by atoms with Crippen molar-refractivity contribution in [2.45, 2.75) is 26.8 Å². The van der Waals surface area contributed by atoms with Gasteiger partial charge in [0, 0.05) is 45.7 Å². The van der Waals surface area contributed by atoms with Gasteiger partial charge in [-0.3, -0.25) is 9.69 Å². The van der Waals surface area contributed by atoms with Crippen molar-refractivity contribution in [3.63, 3.8) is 0 Å². The summed E-state index contributed by atoms with van der Waals surface area (Å²) in [5, 5.41) is 0. The average molecular weight is 213 g/mol. The van der Waals surface area contributed by atoms with Gasteiger partial charge in [0.25, 0.3) is 0 Å². The first kappa shape index (κ1) is 12.5. The fourth-order valence-corrected chi connectivity index (χ4v) is 2.21. The Labute approximate surface area is 92.4 Å². The molecule has 1 rings (SSSR count). The van der Waals surface area contributed by atoms with Gasteiger partial charge in [0.1, 0.15) is 0 Å². The van der Waals surface area contributed by atoms with Crippen LogP contribution in [0.5, 0.6) is 0 Å². The molecule has 1 unspecified atom stereocenters. The van der Waals surface area contributed by atoms with Crippen LogP contribution in [0, 0.1) is 5.92 Å². The predicted octanol–water partition coefficient (Wildman–Crippen LogP) is 0.134. The Balaban J connectivity index is 2.45. The Morgan fingerprint density at radius 3 is 2.13 bits per heavy atom. The summed E-state index contributed by atoms with van der Waals surface area (Å²) in [6.45, 7) is 10.4. The lowest BCUT2D eigenvalue weighted by Gasteiger charge is -2.40. The van der Waals surface area contributed by atoms with Crippen LogP contribution in [0.15, 0.2) is 0 Å². The minimum absolute atomic E-state index is 0.184. The van der Waals surface area contributed by atoms with Gasteiger partial charge in [0.15, 0.2) is 0 Å². The van der Waals surface area contributed by atoms with Crippen LogP contribution >= 0.6 is 0 Å². The predicted molar refractivity (Wildman–Crippen MR) is 61.5 cm³/mol. The Bertz CT molecular complexity index is 210. The molecule has 0 aliphatic carbocycles. The monoisotopic (exact) mass is 213 g/mol. The summed E-state index contributed by atoms with van der Waals surface area (Å²) >= 11 is 0. The molecule has 15 heavy (non-hydrogen) atoms. The quantitative estimate of drug-likeness (QED) is 0.725. The molecular formula is C11H23N3O. The topological polar surface area (TPSA) is 49.6 Å². The molecule has 4 nitrogen and oxygen atoms in total. The van der Waals surface area contributed by atoms with E-state index in [1.54, 1.807) is 6.92 Å². The minimum atomic E-state index is 0.184. The van der Waals surface area contributed by atoms with Crippen molar-refractivity contribution in [1.82, 2.24) is 9.80 Å². The maximum atomic E-state index is 11.2. The smallest absolute Gasteiger partial charge is 0.219 e. The van der Waals surface area contributed by atoms with Gasteiger partial charge in [-0.15, -0.1) is 0 Å². The van der Waals surface area contributed by atoms with E-state index in [1.165, 1.54) is 0 Å². The second-order valence-corrected chi connectivity index (χ2v) is 4.59. The van der Waals surface area contributed by atoms with Gasteiger partial charge in [-0.25, -0.2) is 0 Å². The second-order valence-electron chi connectivity index (χ2n) is 4.59. The van der Waals surface area contributed by atoms with E-state index < -0.39 is 0 Å². The lowest BCUT2D eigenvalue weighted by atomic mass is 10.0. The van der Waals surface area contributed by atoms with E-state index in [0.29, 0.717) is 18.5 Å². The number of carbonyl (C=O) groups excluding carboxylic acids is 1. The van der Waals surface area contributed by atoms with Crippen molar-refractivity contribution >= 4 is 5.91 Å². The molecule has 1 amide bonds. The van der Waals surface area contributed by atoms with Crippen molar-refractivity contribution in [3.05, 3.63) is 0 Å². The van der Waals surface area contributed by atoms with Crippen LogP contribution in [-0.2, 0) is 4.79 Å².